The number of thioether (sulfide) groups is 1. The van der Waals surface area contributed by atoms with E-state index in [2.05, 4.69) is 16.3 Å². The van der Waals surface area contributed by atoms with Gasteiger partial charge in [-0.15, -0.1) is 11.8 Å². The van der Waals surface area contributed by atoms with Gasteiger partial charge in [0, 0.05) is 28.4 Å². The van der Waals surface area contributed by atoms with Crippen molar-refractivity contribution in [1.82, 2.24) is 5.32 Å². The summed E-state index contributed by atoms with van der Waals surface area (Å²) in [5.74, 6) is 3.41. The molecular weight excluding hydrogens is 441 g/mol. The summed E-state index contributed by atoms with van der Waals surface area (Å²) in [6, 6.07) is 12.4. The zero-order chi connectivity index (χ0) is 22.6. The fraction of sp³-hybridized carbons (Fsp3) is 0.556. The third-order valence-electron chi connectivity index (χ3n) is 8.34. The molecule has 0 radical (unpaired) electrons. The number of halogens is 3. The van der Waals surface area contributed by atoms with Crippen LogP contribution in [0.3, 0.4) is 0 Å². The molecule has 0 spiro atoms. The van der Waals surface area contributed by atoms with Gasteiger partial charge < -0.3 is 10.2 Å². The number of rotatable bonds is 5. The Kier molecular flexibility index (Phi) is 5.45. The molecule has 0 aromatic heterocycles. The minimum absolute atomic E-state index is 0.322. The van der Waals surface area contributed by atoms with Crippen LogP contribution in [0.1, 0.15) is 56.1 Å². The minimum Gasteiger partial charge on any atom is -0.340 e. The van der Waals surface area contributed by atoms with Gasteiger partial charge in [0.2, 0.25) is 0 Å². The lowest BCUT2D eigenvalue weighted by molar-refractivity contribution is -0.137. The van der Waals surface area contributed by atoms with Crippen LogP contribution in [-0.4, -0.2) is 18.6 Å². The zero-order valence-electron chi connectivity index (χ0n) is 18.8. The van der Waals surface area contributed by atoms with Crippen LogP contribution in [-0.2, 0) is 11.9 Å². The van der Waals surface area contributed by atoms with Crippen LogP contribution >= 0.6 is 11.8 Å². The minimum atomic E-state index is -4.33. The second kappa shape index (κ2) is 8.23. The van der Waals surface area contributed by atoms with E-state index in [-0.39, 0.29) is 0 Å². The Balaban J connectivity index is 1.21. The van der Waals surface area contributed by atoms with Gasteiger partial charge in [0.05, 0.1) is 11.3 Å². The second-order valence-corrected chi connectivity index (χ2v) is 11.7. The summed E-state index contributed by atoms with van der Waals surface area (Å²) in [4.78, 5) is 3.26. The summed E-state index contributed by atoms with van der Waals surface area (Å²) in [6.45, 7) is 1.64. The van der Waals surface area contributed by atoms with Gasteiger partial charge in [0.15, 0.2) is 0 Å². The number of para-hydroxylation sites is 1. The normalized spacial score (nSPS) is 30.2. The summed E-state index contributed by atoms with van der Waals surface area (Å²) >= 11 is 1.71. The standard InChI is InChI=1S/C27H31F3N2S/c28-27(29,30)22-7-6-21-17-33-25-5-2-1-4-23(25)32(24(21)13-22)9-3-8-31-26-14-18-10-19(15-26)12-20(11-18)16-26/h1-2,4-7,13,18-20,31H,3,8-12,14-17H2. The monoisotopic (exact) mass is 472 g/mol. The van der Waals surface area contributed by atoms with E-state index < -0.39 is 11.7 Å². The first-order chi connectivity index (χ1) is 15.9. The second-order valence-electron chi connectivity index (χ2n) is 10.7. The number of benzene rings is 2. The van der Waals surface area contributed by atoms with Crippen molar-refractivity contribution in [1.29, 1.82) is 0 Å². The highest BCUT2D eigenvalue weighted by molar-refractivity contribution is 7.98. The lowest BCUT2D eigenvalue weighted by Crippen LogP contribution is -2.58. The van der Waals surface area contributed by atoms with E-state index in [1.54, 1.807) is 17.8 Å². The number of hydrogen-bond acceptors (Lipinski definition) is 3. The van der Waals surface area contributed by atoms with Crippen molar-refractivity contribution in [2.75, 3.05) is 18.0 Å². The van der Waals surface area contributed by atoms with Crippen LogP contribution in [0, 0.1) is 17.8 Å². The highest BCUT2D eigenvalue weighted by Gasteiger charge is 2.50. The molecule has 7 rings (SSSR count). The third kappa shape index (κ3) is 4.18. The van der Waals surface area contributed by atoms with Gasteiger partial charge in [-0.2, -0.15) is 13.2 Å². The molecule has 2 aromatic rings. The number of nitrogens with zero attached hydrogens (tertiary/aromatic N) is 1. The van der Waals surface area contributed by atoms with Crippen LogP contribution in [0.5, 0.6) is 0 Å². The van der Waals surface area contributed by atoms with Gasteiger partial charge in [-0.1, -0.05) is 18.2 Å². The molecule has 0 atom stereocenters. The van der Waals surface area contributed by atoms with Gasteiger partial charge >= 0.3 is 6.18 Å². The summed E-state index contributed by atoms with van der Waals surface area (Å²) in [5.41, 5.74) is 2.45. The average molecular weight is 473 g/mol. The van der Waals surface area contributed by atoms with E-state index in [4.69, 9.17) is 0 Å². The van der Waals surface area contributed by atoms with Crippen LogP contribution in [0.15, 0.2) is 47.4 Å². The van der Waals surface area contributed by atoms with Crippen LogP contribution in [0.4, 0.5) is 24.5 Å². The van der Waals surface area contributed by atoms with E-state index >= 15 is 0 Å². The Morgan fingerprint density at radius 2 is 1.64 bits per heavy atom. The van der Waals surface area contributed by atoms with Crippen molar-refractivity contribution in [3.8, 4) is 0 Å². The number of alkyl halides is 3. The Morgan fingerprint density at radius 3 is 2.33 bits per heavy atom. The molecule has 1 N–H and O–H groups in total. The molecule has 6 heteroatoms. The lowest BCUT2D eigenvalue weighted by atomic mass is 9.53. The first-order valence-corrected chi connectivity index (χ1v) is 13.3. The van der Waals surface area contributed by atoms with Crippen molar-refractivity contribution in [2.24, 2.45) is 17.8 Å². The topological polar surface area (TPSA) is 15.3 Å². The fourth-order valence-corrected chi connectivity index (χ4v) is 8.42. The van der Waals surface area contributed by atoms with E-state index in [0.717, 1.165) is 46.9 Å². The fourth-order valence-electron chi connectivity index (χ4n) is 7.36. The first-order valence-electron chi connectivity index (χ1n) is 12.3. The van der Waals surface area contributed by atoms with Crippen LogP contribution in [0.2, 0.25) is 0 Å². The molecule has 176 valence electrons. The Hall–Kier alpha value is -1.66. The number of anilines is 2. The molecular formula is C27H31F3N2S. The van der Waals surface area contributed by atoms with Gasteiger partial charge in [-0.05, 0) is 99.1 Å². The lowest BCUT2D eigenvalue weighted by Gasteiger charge is -2.57. The molecule has 33 heavy (non-hydrogen) atoms. The summed E-state index contributed by atoms with van der Waals surface area (Å²) in [5, 5.41) is 3.95. The Labute approximate surface area is 198 Å². The van der Waals surface area contributed by atoms with Gasteiger partial charge in [0.25, 0.3) is 0 Å². The molecule has 2 aromatic carbocycles. The van der Waals surface area contributed by atoms with E-state index in [1.807, 2.05) is 18.2 Å². The molecule has 4 saturated carbocycles. The van der Waals surface area contributed by atoms with Crippen molar-refractivity contribution in [3.63, 3.8) is 0 Å². The predicted octanol–water partition coefficient (Wildman–Crippen LogP) is 7.40. The molecule has 1 heterocycles. The van der Waals surface area contributed by atoms with E-state index in [1.165, 1.54) is 50.7 Å². The van der Waals surface area contributed by atoms with Gasteiger partial charge in [0.1, 0.15) is 0 Å². The first kappa shape index (κ1) is 21.8. The van der Waals surface area contributed by atoms with Crippen LogP contribution in [0.25, 0.3) is 0 Å². The molecule has 4 fully saturated rings. The van der Waals surface area contributed by atoms with Crippen molar-refractivity contribution >= 4 is 23.1 Å². The summed E-state index contributed by atoms with van der Waals surface area (Å²) in [6.07, 6.45) is 4.83. The molecule has 4 bridgehead atoms. The predicted molar refractivity (Wildman–Crippen MR) is 128 cm³/mol. The summed E-state index contributed by atoms with van der Waals surface area (Å²) in [7, 11) is 0. The molecule has 0 unspecified atom stereocenters. The average Bonchev–Trinajstić information content (AvgIpc) is 2.92. The van der Waals surface area contributed by atoms with Crippen LogP contribution < -0.4 is 10.2 Å². The van der Waals surface area contributed by atoms with Gasteiger partial charge in [-0.3, -0.25) is 0 Å². The van der Waals surface area contributed by atoms with Crippen molar-refractivity contribution < 1.29 is 13.2 Å². The third-order valence-corrected chi connectivity index (χ3v) is 9.45. The SMILES string of the molecule is FC(F)(F)c1ccc2c(c1)N(CCCNC13CC4CC(CC(C4)C1)C3)c1ccccc1SC2. The molecule has 0 saturated heterocycles. The maximum atomic E-state index is 13.5. The largest absolute Gasteiger partial charge is 0.416 e. The maximum Gasteiger partial charge on any atom is 0.416 e. The van der Waals surface area contributed by atoms with E-state index in [9.17, 15) is 13.2 Å². The highest BCUT2D eigenvalue weighted by atomic mass is 32.2. The smallest absolute Gasteiger partial charge is 0.340 e. The molecule has 2 nitrogen and oxygen atoms in total. The Morgan fingerprint density at radius 1 is 0.939 bits per heavy atom. The number of fused-ring (bicyclic) bond motifs is 2. The highest BCUT2D eigenvalue weighted by Crippen LogP contribution is 2.55. The Bertz CT molecular complexity index is 999. The zero-order valence-corrected chi connectivity index (χ0v) is 19.7. The number of nitrogens with one attached hydrogen (secondary N) is 1. The molecule has 0 amide bonds. The molecule has 1 aliphatic heterocycles. The van der Waals surface area contributed by atoms with Crippen molar-refractivity contribution in [2.45, 2.75) is 67.3 Å². The van der Waals surface area contributed by atoms with E-state index in [0.29, 0.717) is 23.5 Å². The van der Waals surface area contributed by atoms with Gasteiger partial charge in [-0.25, -0.2) is 0 Å². The molecule has 4 aliphatic carbocycles. The van der Waals surface area contributed by atoms with Crippen molar-refractivity contribution in [3.05, 3.63) is 53.6 Å². The molecule has 5 aliphatic rings. The maximum absolute atomic E-state index is 13.5. The summed E-state index contributed by atoms with van der Waals surface area (Å²) < 4.78 is 40.5. The quantitative estimate of drug-likeness (QED) is 0.457. The number of hydrogen-bond donors (Lipinski definition) is 1.